The maximum absolute atomic E-state index is 13.6. The largest absolute Gasteiger partial charge is 0.453 e. The van der Waals surface area contributed by atoms with Crippen molar-refractivity contribution in [2.24, 2.45) is 0 Å². The second-order valence-electron chi connectivity index (χ2n) is 4.23. The van der Waals surface area contributed by atoms with Crippen LogP contribution < -0.4 is 10.5 Å². The van der Waals surface area contributed by atoms with Crippen LogP contribution in [0.5, 0.6) is 11.5 Å². The van der Waals surface area contributed by atoms with Gasteiger partial charge in [-0.05, 0) is 36.4 Å². The summed E-state index contributed by atoms with van der Waals surface area (Å²) in [6, 6.07) is 9.73. The number of nitrogens with zero attached hydrogens (tertiary/aromatic N) is 1. The van der Waals surface area contributed by atoms with Crippen molar-refractivity contribution in [3.8, 4) is 11.5 Å². The molecule has 20 heavy (non-hydrogen) atoms. The molecule has 0 atom stereocenters. The minimum atomic E-state index is -0.639. The third-order valence-electron chi connectivity index (χ3n) is 2.87. The summed E-state index contributed by atoms with van der Waals surface area (Å²) in [5.41, 5.74) is 6.87. The summed E-state index contributed by atoms with van der Waals surface area (Å²) >= 11 is 0. The summed E-state index contributed by atoms with van der Waals surface area (Å²) in [5, 5.41) is 0.635. The minimum absolute atomic E-state index is 0.181. The maximum Gasteiger partial charge on any atom is 0.166 e. The SMILES string of the molecule is Nc1ccc(Oc2cc(F)ccc2F)c2cccnc12. The van der Waals surface area contributed by atoms with E-state index in [2.05, 4.69) is 4.98 Å². The Labute approximate surface area is 113 Å². The van der Waals surface area contributed by atoms with Gasteiger partial charge in [-0.15, -0.1) is 0 Å². The third-order valence-corrected chi connectivity index (χ3v) is 2.87. The highest BCUT2D eigenvalue weighted by molar-refractivity contribution is 5.93. The van der Waals surface area contributed by atoms with Crippen molar-refractivity contribution in [3.63, 3.8) is 0 Å². The summed E-state index contributed by atoms with van der Waals surface area (Å²) in [6.07, 6.45) is 1.60. The molecule has 0 aliphatic heterocycles. The summed E-state index contributed by atoms with van der Waals surface area (Å²) in [5.74, 6) is -1.02. The molecule has 3 rings (SSSR count). The van der Waals surface area contributed by atoms with Gasteiger partial charge in [-0.2, -0.15) is 0 Å². The predicted molar refractivity (Wildman–Crippen MR) is 72.6 cm³/mol. The summed E-state index contributed by atoms with van der Waals surface area (Å²) in [7, 11) is 0. The van der Waals surface area contributed by atoms with Gasteiger partial charge >= 0.3 is 0 Å². The van der Waals surface area contributed by atoms with Crippen LogP contribution in [0, 0.1) is 11.6 Å². The molecule has 0 unspecified atom stereocenters. The molecule has 0 saturated carbocycles. The number of fused-ring (bicyclic) bond motifs is 1. The molecular formula is C15H10F2N2O. The first-order chi connectivity index (χ1) is 9.65. The van der Waals surface area contributed by atoms with E-state index in [9.17, 15) is 8.78 Å². The predicted octanol–water partition coefficient (Wildman–Crippen LogP) is 3.89. The summed E-state index contributed by atoms with van der Waals surface area (Å²) in [4.78, 5) is 4.15. The van der Waals surface area contributed by atoms with Crippen LogP contribution in [-0.2, 0) is 0 Å². The number of hydrogen-bond acceptors (Lipinski definition) is 3. The molecule has 2 aromatic carbocycles. The Bertz CT molecular complexity index is 790. The number of ether oxygens (including phenoxy) is 1. The Morgan fingerprint density at radius 3 is 2.70 bits per heavy atom. The standard InChI is InChI=1S/C15H10F2N2O/c16-9-3-4-11(17)14(8-9)20-13-6-5-12(18)15-10(13)2-1-7-19-15/h1-8H,18H2. The fraction of sp³-hybridized carbons (Fsp3) is 0. The van der Waals surface area contributed by atoms with Crippen LogP contribution in [0.3, 0.4) is 0 Å². The van der Waals surface area contributed by atoms with E-state index < -0.39 is 11.6 Å². The Kier molecular flexibility index (Phi) is 2.95. The van der Waals surface area contributed by atoms with Gasteiger partial charge in [-0.1, -0.05) is 0 Å². The number of pyridine rings is 1. The molecule has 2 N–H and O–H groups in total. The average molecular weight is 272 g/mol. The lowest BCUT2D eigenvalue weighted by atomic mass is 10.1. The zero-order valence-corrected chi connectivity index (χ0v) is 10.3. The molecule has 0 saturated heterocycles. The van der Waals surface area contributed by atoms with E-state index in [0.29, 0.717) is 22.3 Å². The number of aromatic nitrogens is 1. The van der Waals surface area contributed by atoms with E-state index in [1.54, 1.807) is 30.5 Å². The van der Waals surface area contributed by atoms with Gasteiger partial charge in [0.1, 0.15) is 11.6 Å². The Balaban J connectivity index is 2.11. The fourth-order valence-electron chi connectivity index (χ4n) is 1.93. The molecule has 5 heteroatoms. The number of nitrogens with two attached hydrogens (primary N) is 1. The Morgan fingerprint density at radius 2 is 1.85 bits per heavy atom. The highest BCUT2D eigenvalue weighted by Crippen LogP contribution is 2.33. The number of benzene rings is 2. The molecule has 1 aromatic heterocycles. The number of rotatable bonds is 2. The normalized spacial score (nSPS) is 10.7. The highest BCUT2D eigenvalue weighted by Gasteiger charge is 2.10. The van der Waals surface area contributed by atoms with Gasteiger partial charge in [0, 0.05) is 17.6 Å². The molecular weight excluding hydrogens is 262 g/mol. The lowest BCUT2D eigenvalue weighted by molar-refractivity contribution is 0.440. The van der Waals surface area contributed by atoms with Crippen LogP contribution >= 0.6 is 0 Å². The molecule has 0 spiro atoms. The topological polar surface area (TPSA) is 48.1 Å². The quantitative estimate of drug-likeness (QED) is 0.720. The van der Waals surface area contributed by atoms with Gasteiger partial charge in [-0.25, -0.2) is 8.78 Å². The smallest absolute Gasteiger partial charge is 0.166 e. The zero-order chi connectivity index (χ0) is 14.1. The molecule has 3 nitrogen and oxygen atoms in total. The van der Waals surface area contributed by atoms with Crippen molar-refractivity contribution in [2.45, 2.75) is 0 Å². The summed E-state index contributed by atoms with van der Waals surface area (Å²) < 4.78 is 32.2. The molecule has 0 aliphatic rings. The van der Waals surface area contributed by atoms with E-state index in [1.807, 2.05) is 0 Å². The van der Waals surface area contributed by atoms with Gasteiger partial charge in [0.25, 0.3) is 0 Å². The average Bonchev–Trinajstić information content (AvgIpc) is 2.46. The molecule has 100 valence electrons. The van der Waals surface area contributed by atoms with E-state index in [4.69, 9.17) is 10.5 Å². The van der Waals surface area contributed by atoms with E-state index in [1.165, 1.54) is 0 Å². The van der Waals surface area contributed by atoms with Crippen molar-refractivity contribution in [2.75, 3.05) is 5.73 Å². The first-order valence-electron chi connectivity index (χ1n) is 5.91. The van der Waals surface area contributed by atoms with Crippen molar-refractivity contribution in [1.82, 2.24) is 4.98 Å². The number of hydrogen-bond donors (Lipinski definition) is 1. The van der Waals surface area contributed by atoms with Gasteiger partial charge in [0.2, 0.25) is 0 Å². The first-order valence-corrected chi connectivity index (χ1v) is 5.91. The zero-order valence-electron chi connectivity index (χ0n) is 10.3. The maximum atomic E-state index is 13.6. The van der Waals surface area contributed by atoms with Crippen LogP contribution in [0.1, 0.15) is 0 Å². The fourth-order valence-corrected chi connectivity index (χ4v) is 1.93. The lowest BCUT2D eigenvalue weighted by Crippen LogP contribution is -1.94. The van der Waals surface area contributed by atoms with Crippen molar-refractivity contribution >= 4 is 16.6 Å². The Morgan fingerprint density at radius 1 is 1.00 bits per heavy atom. The lowest BCUT2D eigenvalue weighted by Gasteiger charge is -2.10. The monoisotopic (exact) mass is 272 g/mol. The molecule has 0 radical (unpaired) electrons. The molecule has 0 aliphatic carbocycles. The van der Waals surface area contributed by atoms with Crippen LogP contribution in [0.25, 0.3) is 10.9 Å². The second-order valence-corrected chi connectivity index (χ2v) is 4.23. The molecule has 3 aromatic rings. The second kappa shape index (κ2) is 4.77. The molecule has 0 bridgehead atoms. The van der Waals surface area contributed by atoms with Crippen molar-refractivity contribution in [3.05, 3.63) is 60.3 Å². The number of anilines is 1. The van der Waals surface area contributed by atoms with E-state index in [0.717, 1.165) is 18.2 Å². The van der Waals surface area contributed by atoms with Crippen LogP contribution in [0.15, 0.2) is 48.7 Å². The molecule has 0 amide bonds. The number of nitrogen functional groups attached to an aromatic ring is 1. The first kappa shape index (κ1) is 12.3. The van der Waals surface area contributed by atoms with Crippen molar-refractivity contribution in [1.29, 1.82) is 0 Å². The molecule has 0 fully saturated rings. The third kappa shape index (κ3) is 2.14. The molecule has 1 heterocycles. The van der Waals surface area contributed by atoms with Crippen LogP contribution in [0.2, 0.25) is 0 Å². The van der Waals surface area contributed by atoms with Gasteiger partial charge in [0.15, 0.2) is 11.6 Å². The van der Waals surface area contributed by atoms with Gasteiger partial charge in [0.05, 0.1) is 11.2 Å². The number of halogens is 2. The van der Waals surface area contributed by atoms with E-state index in [-0.39, 0.29) is 5.75 Å². The van der Waals surface area contributed by atoms with E-state index >= 15 is 0 Å². The van der Waals surface area contributed by atoms with Gasteiger partial charge < -0.3 is 10.5 Å². The Hall–Kier alpha value is -2.69. The van der Waals surface area contributed by atoms with Crippen LogP contribution in [0.4, 0.5) is 14.5 Å². The summed E-state index contributed by atoms with van der Waals surface area (Å²) in [6.45, 7) is 0. The minimum Gasteiger partial charge on any atom is -0.453 e. The highest BCUT2D eigenvalue weighted by atomic mass is 19.1. The van der Waals surface area contributed by atoms with Crippen LogP contribution in [-0.4, -0.2) is 4.98 Å². The van der Waals surface area contributed by atoms with Crippen molar-refractivity contribution < 1.29 is 13.5 Å². The van der Waals surface area contributed by atoms with Gasteiger partial charge in [-0.3, -0.25) is 4.98 Å².